The first-order valence-corrected chi connectivity index (χ1v) is 43.3. The van der Waals surface area contributed by atoms with Crippen molar-refractivity contribution in [3.8, 4) is 123 Å². The highest BCUT2D eigenvalue weighted by Crippen LogP contribution is 2.57. The van der Waals surface area contributed by atoms with Crippen molar-refractivity contribution in [3.05, 3.63) is 429 Å². The van der Waals surface area contributed by atoms with E-state index in [4.69, 9.17) is 0 Å². The van der Waals surface area contributed by atoms with Crippen molar-refractivity contribution in [2.45, 2.75) is 78.6 Å². The molecule has 4 heterocycles. The summed E-state index contributed by atoms with van der Waals surface area (Å²) in [6, 6.07) is 156. The van der Waals surface area contributed by atoms with Crippen molar-refractivity contribution < 1.29 is 0 Å². The molecular formula is C118H95BN4. The molecule has 19 aromatic rings. The van der Waals surface area contributed by atoms with E-state index in [9.17, 15) is 0 Å². The minimum absolute atomic E-state index is 0.271. The average Bonchev–Trinajstić information content (AvgIpc) is 0.841. The summed E-state index contributed by atoms with van der Waals surface area (Å²) in [7, 11) is 0. The van der Waals surface area contributed by atoms with Crippen LogP contribution in [0, 0.1) is 0 Å². The Bertz CT molecular complexity index is 6670. The highest BCUT2D eigenvalue weighted by Gasteiger charge is 2.47. The van der Waals surface area contributed by atoms with E-state index in [-0.39, 0.29) is 17.5 Å². The SMILES string of the molecule is CC(C)(C)c1cc(-c2ccccc2)c(N2c3cc(-n4c(-c5ccccc5)c5ccccc5c4-c4ccccc4)ccc3B3c4ccc(-n5c(-c6ccccc6)c6ccccc6c5-c5ccccc5)cc4N(c4c(-c5ccccc5)cc(C(C)(C)C)cc4-c4cccc(-c5ccccc5)c4)c4cc(C(C)(C)C)cc2c43)c(-c2cccc(-c3ccccc3)c2)c1. The summed E-state index contributed by atoms with van der Waals surface area (Å²) in [6.45, 7) is 21.1. The smallest absolute Gasteiger partial charge is 0.252 e. The van der Waals surface area contributed by atoms with Crippen molar-refractivity contribution >= 4 is 78.8 Å². The van der Waals surface area contributed by atoms with Crippen LogP contribution >= 0.6 is 0 Å². The molecular weight excluding hydrogens is 1480 g/mol. The molecule has 2 aliphatic rings. The van der Waals surface area contributed by atoms with Crippen molar-refractivity contribution in [2.75, 3.05) is 9.80 Å². The van der Waals surface area contributed by atoms with Gasteiger partial charge in [-0.1, -0.05) is 402 Å². The Balaban J connectivity index is 0.965. The lowest BCUT2D eigenvalue weighted by Crippen LogP contribution is -2.61. The summed E-state index contributed by atoms with van der Waals surface area (Å²) in [4.78, 5) is 5.53. The second-order valence-corrected chi connectivity index (χ2v) is 36.4. The van der Waals surface area contributed by atoms with Crippen LogP contribution in [0.5, 0.6) is 0 Å². The molecule has 5 heteroatoms. The number of benzene rings is 17. The molecule has 123 heavy (non-hydrogen) atoms. The molecule has 0 aliphatic carbocycles. The zero-order chi connectivity index (χ0) is 83.4. The second kappa shape index (κ2) is 30.3. The fourth-order valence-electron chi connectivity index (χ4n) is 19.4. The van der Waals surface area contributed by atoms with Gasteiger partial charge in [0.1, 0.15) is 0 Å². The topological polar surface area (TPSA) is 16.3 Å². The van der Waals surface area contributed by atoms with Crippen molar-refractivity contribution in [3.63, 3.8) is 0 Å². The largest absolute Gasteiger partial charge is 0.310 e. The van der Waals surface area contributed by atoms with Crippen molar-refractivity contribution in [2.24, 2.45) is 0 Å². The minimum Gasteiger partial charge on any atom is -0.310 e. The quantitative estimate of drug-likeness (QED) is 0.101. The predicted molar refractivity (Wildman–Crippen MR) is 525 cm³/mol. The van der Waals surface area contributed by atoms with Gasteiger partial charge in [0.25, 0.3) is 6.71 Å². The van der Waals surface area contributed by atoms with Gasteiger partial charge >= 0.3 is 0 Å². The Kier molecular flexibility index (Phi) is 18.7. The number of fused-ring (bicyclic) bond motifs is 6. The number of aromatic nitrogens is 2. The lowest BCUT2D eigenvalue weighted by molar-refractivity contribution is 0.590. The third kappa shape index (κ3) is 13.3. The number of anilines is 6. The fourth-order valence-corrected chi connectivity index (χ4v) is 19.4. The molecule has 0 amide bonds. The Morgan fingerprint density at radius 1 is 0.195 bits per heavy atom. The van der Waals surface area contributed by atoms with E-state index in [0.29, 0.717) is 0 Å². The minimum atomic E-state index is -0.417. The predicted octanol–water partition coefficient (Wildman–Crippen LogP) is 30.2. The third-order valence-corrected chi connectivity index (χ3v) is 25.5. The molecule has 0 atom stereocenters. The second-order valence-electron chi connectivity index (χ2n) is 36.4. The molecule has 0 saturated carbocycles. The van der Waals surface area contributed by atoms with Crippen LogP contribution in [0.3, 0.4) is 0 Å². The first-order valence-electron chi connectivity index (χ1n) is 43.3. The summed E-state index contributed by atoms with van der Waals surface area (Å²) < 4.78 is 5.18. The average molecular weight is 1580 g/mol. The number of rotatable bonds is 14. The highest BCUT2D eigenvalue weighted by molar-refractivity contribution is 7.00. The van der Waals surface area contributed by atoms with E-state index in [1.807, 2.05) is 0 Å². The summed E-state index contributed by atoms with van der Waals surface area (Å²) >= 11 is 0. The molecule has 0 unspecified atom stereocenters. The van der Waals surface area contributed by atoms with Crippen LogP contribution in [0.1, 0.15) is 79.0 Å². The van der Waals surface area contributed by atoms with E-state index >= 15 is 0 Å². The van der Waals surface area contributed by atoms with Gasteiger partial charge in [-0.05, 0) is 189 Å². The first-order chi connectivity index (χ1) is 60.0. The monoisotopic (exact) mass is 1580 g/mol. The summed E-state index contributed by atoms with van der Waals surface area (Å²) in [5, 5.41) is 4.73. The lowest BCUT2D eigenvalue weighted by Gasteiger charge is -2.47. The number of nitrogens with zero attached hydrogens (tertiary/aromatic N) is 4. The van der Waals surface area contributed by atoms with Gasteiger partial charge in [-0.3, -0.25) is 0 Å². The molecule has 0 saturated heterocycles. The number of hydrogen-bond acceptors (Lipinski definition) is 2. The molecule has 0 bridgehead atoms. The maximum Gasteiger partial charge on any atom is 0.252 e. The van der Waals surface area contributed by atoms with Gasteiger partial charge < -0.3 is 18.9 Å². The molecule has 0 spiro atoms. The molecule has 21 rings (SSSR count). The van der Waals surface area contributed by atoms with Gasteiger partial charge in [-0.25, -0.2) is 0 Å². The van der Waals surface area contributed by atoms with Crippen molar-refractivity contribution in [1.82, 2.24) is 9.13 Å². The summed E-state index contributed by atoms with van der Waals surface area (Å²) in [5.41, 5.74) is 37.8. The highest BCUT2D eigenvalue weighted by atomic mass is 15.2. The van der Waals surface area contributed by atoms with Gasteiger partial charge in [0.05, 0.1) is 34.2 Å². The number of hydrogen-bond donors (Lipinski definition) is 0. The van der Waals surface area contributed by atoms with Gasteiger partial charge in [0, 0.05) is 77.9 Å². The van der Waals surface area contributed by atoms with Gasteiger partial charge in [-0.15, -0.1) is 0 Å². The van der Waals surface area contributed by atoms with E-state index in [1.54, 1.807) is 0 Å². The van der Waals surface area contributed by atoms with E-state index < -0.39 is 5.41 Å². The zero-order valence-corrected chi connectivity index (χ0v) is 71.1. The van der Waals surface area contributed by atoms with Gasteiger partial charge in [0.15, 0.2) is 0 Å². The lowest BCUT2D eigenvalue weighted by atomic mass is 9.33. The van der Waals surface area contributed by atoms with Crippen LogP contribution in [-0.2, 0) is 16.2 Å². The third-order valence-electron chi connectivity index (χ3n) is 25.5. The van der Waals surface area contributed by atoms with Crippen LogP contribution < -0.4 is 26.2 Å². The van der Waals surface area contributed by atoms with Gasteiger partial charge in [-0.2, -0.15) is 0 Å². The maximum absolute atomic E-state index is 2.77. The first kappa shape index (κ1) is 75.9. The van der Waals surface area contributed by atoms with Crippen LogP contribution in [0.15, 0.2) is 413 Å². The van der Waals surface area contributed by atoms with Crippen LogP contribution in [0.2, 0.25) is 0 Å². The zero-order valence-electron chi connectivity index (χ0n) is 71.1. The Labute approximate surface area is 723 Å². The van der Waals surface area contributed by atoms with Gasteiger partial charge in [0.2, 0.25) is 0 Å². The van der Waals surface area contributed by atoms with E-state index in [1.165, 1.54) is 54.6 Å². The Hall–Kier alpha value is -14.5. The van der Waals surface area contributed by atoms with E-state index in [2.05, 4.69) is 494 Å². The molecule has 4 nitrogen and oxygen atoms in total. The summed E-state index contributed by atoms with van der Waals surface area (Å²) in [6.07, 6.45) is 0. The normalized spacial score (nSPS) is 12.5. The molecule has 2 aliphatic heterocycles. The van der Waals surface area contributed by atoms with Crippen LogP contribution in [0.4, 0.5) is 34.1 Å². The molecule has 0 radical (unpaired) electrons. The Morgan fingerprint density at radius 2 is 0.439 bits per heavy atom. The Morgan fingerprint density at radius 3 is 0.732 bits per heavy atom. The molecule has 2 aromatic heterocycles. The standard InChI is InChI=1S/C118H95BN4/c1-116(2,3)90-70-99(80-44-22-12-23-45-80)114(101(72-90)88-58-38-56-86(68-88)78-40-18-10-19-41-78)122-105-76-93(120-110(82-48-26-14-27-49-82)95-60-34-35-61-96(95)111(120)83-50-28-15-29-51-83)64-66-103(105)119-104-67-65-94(121-112(84-52-30-16-31-53-84)97-62-36-37-63-98(97)113(121)85-54-32-17-33-55-85)77-106(104)123(108-75-92(118(7,8)9)74-107(122)109(108)119)115-100(81-46-24-13-25-47-81)71-91(117(4,5)6)73-102(115)89-59-39-57-87(69-89)79-42-20-11-21-43-79/h10-77H,1-9H3. The van der Waals surface area contributed by atoms with Crippen molar-refractivity contribution in [1.29, 1.82) is 0 Å². The maximum atomic E-state index is 2.77. The van der Waals surface area contributed by atoms with Crippen LogP contribution in [0.25, 0.3) is 145 Å². The van der Waals surface area contributed by atoms with E-state index in [0.717, 1.165) is 157 Å². The summed E-state index contributed by atoms with van der Waals surface area (Å²) in [5.74, 6) is 0. The molecule has 17 aromatic carbocycles. The van der Waals surface area contributed by atoms with Crippen LogP contribution in [-0.4, -0.2) is 15.8 Å². The fraction of sp³-hybridized carbons (Fsp3) is 0.102. The molecule has 0 fully saturated rings. The molecule has 590 valence electrons. The molecule has 0 N–H and O–H groups in total.